The lowest BCUT2D eigenvalue weighted by atomic mass is 10.1. The number of aliphatic carboxylic acids is 1. The second kappa shape index (κ2) is 7.37. The van der Waals surface area contributed by atoms with Crippen LogP contribution in [0.2, 0.25) is 0 Å². The van der Waals surface area contributed by atoms with Crippen molar-refractivity contribution < 1.29 is 14.7 Å². The minimum Gasteiger partial charge on any atom is -0.481 e. The highest BCUT2D eigenvalue weighted by atomic mass is 16.4. The minimum atomic E-state index is -0.821. The molecule has 0 aliphatic carbocycles. The molecule has 1 unspecified atom stereocenters. The predicted octanol–water partition coefficient (Wildman–Crippen LogP) is -0.684. The molecule has 2 N–H and O–H groups in total. The van der Waals surface area contributed by atoms with Crippen LogP contribution in [-0.4, -0.2) is 88.5 Å². The number of aromatic amines is 1. The molecule has 1 aliphatic heterocycles. The number of carbonyl (C=O) groups is 2. The first-order valence-electron chi connectivity index (χ1n) is 7.30. The van der Waals surface area contributed by atoms with Crippen LogP contribution in [0.15, 0.2) is 12.5 Å². The molecule has 8 nitrogen and oxygen atoms in total. The van der Waals surface area contributed by atoms with Crippen molar-refractivity contribution in [2.24, 2.45) is 5.92 Å². The van der Waals surface area contributed by atoms with E-state index in [0.717, 1.165) is 12.2 Å². The van der Waals surface area contributed by atoms with Crippen LogP contribution in [-0.2, 0) is 16.1 Å². The van der Waals surface area contributed by atoms with Gasteiger partial charge in [-0.05, 0) is 0 Å². The molecule has 1 atom stereocenters. The summed E-state index contributed by atoms with van der Waals surface area (Å²) in [6.07, 6.45) is 3.36. The Hall–Kier alpha value is -1.93. The largest absolute Gasteiger partial charge is 0.481 e. The van der Waals surface area contributed by atoms with Gasteiger partial charge in [-0.15, -0.1) is 0 Å². The summed E-state index contributed by atoms with van der Waals surface area (Å²) in [6.45, 7) is 3.17. The number of aromatic nitrogens is 2. The predicted molar refractivity (Wildman–Crippen MR) is 80.1 cm³/mol. The van der Waals surface area contributed by atoms with E-state index in [9.17, 15) is 14.7 Å². The fraction of sp³-hybridized carbons (Fsp3) is 0.643. The second-order valence-corrected chi connectivity index (χ2v) is 5.87. The zero-order valence-corrected chi connectivity index (χ0v) is 13.0. The van der Waals surface area contributed by atoms with Crippen LogP contribution in [0.3, 0.4) is 0 Å². The van der Waals surface area contributed by atoms with E-state index in [4.69, 9.17) is 0 Å². The molecule has 0 spiro atoms. The number of carbonyl (C=O) groups excluding carboxylic acids is 1. The number of nitrogens with one attached hydrogen (secondary N) is 1. The molecule has 1 amide bonds. The summed E-state index contributed by atoms with van der Waals surface area (Å²) in [6, 6.07) is 0. The molecule has 0 aromatic carbocycles. The van der Waals surface area contributed by atoms with Crippen LogP contribution < -0.4 is 0 Å². The van der Waals surface area contributed by atoms with E-state index in [1.54, 1.807) is 26.6 Å². The lowest BCUT2D eigenvalue weighted by Crippen LogP contribution is -2.40. The summed E-state index contributed by atoms with van der Waals surface area (Å²) in [5, 5.41) is 9.40. The average Bonchev–Trinajstić information content (AvgIpc) is 2.87. The van der Waals surface area contributed by atoms with Crippen molar-refractivity contribution in [2.75, 3.05) is 46.8 Å². The monoisotopic (exact) mass is 309 g/mol. The maximum Gasteiger partial charge on any atom is 0.309 e. The number of hydrogen-bond donors (Lipinski definition) is 2. The summed E-state index contributed by atoms with van der Waals surface area (Å²) in [5.41, 5.74) is 0.960. The first-order chi connectivity index (χ1) is 10.5. The van der Waals surface area contributed by atoms with Gasteiger partial charge >= 0.3 is 5.97 Å². The quantitative estimate of drug-likeness (QED) is 0.748. The minimum absolute atomic E-state index is 0.00819. The van der Waals surface area contributed by atoms with Crippen LogP contribution in [0.1, 0.15) is 5.69 Å². The van der Waals surface area contributed by atoms with Gasteiger partial charge in [0.25, 0.3) is 0 Å². The summed E-state index contributed by atoms with van der Waals surface area (Å²) in [5.74, 6) is -1.33. The second-order valence-electron chi connectivity index (χ2n) is 5.87. The molecule has 2 heterocycles. The Balaban J connectivity index is 2.00. The number of likely N-dealkylation sites (N-methyl/N-ethyl adjacent to an activating group) is 1. The van der Waals surface area contributed by atoms with E-state index in [-0.39, 0.29) is 12.5 Å². The Bertz CT molecular complexity index is 503. The Kier molecular flexibility index (Phi) is 5.51. The molecule has 0 bridgehead atoms. The van der Waals surface area contributed by atoms with Crippen LogP contribution in [0, 0.1) is 5.92 Å². The third kappa shape index (κ3) is 4.54. The zero-order valence-electron chi connectivity index (χ0n) is 13.0. The van der Waals surface area contributed by atoms with Crippen molar-refractivity contribution in [1.82, 2.24) is 24.7 Å². The Morgan fingerprint density at radius 2 is 2.05 bits per heavy atom. The van der Waals surface area contributed by atoms with E-state index in [2.05, 4.69) is 14.9 Å². The van der Waals surface area contributed by atoms with E-state index in [1.165, 1.54) is 4.90 Å². The number of imidazole rings is 1. The molecule has 1 aliphatic rings. The molecule has 0 saturated carbocycles. The van der Waals surface area contributed by atoms with Gasteiger partial charge in [-0.2, -0.15) is 0 Å². The lowest BCUT2D eigenvalue weighted by molar-refractivity contribution is -0.143. The lowest BCUT2D eigenvalue weighted by Gasteiger charge is -2.22. The summed E-state index contributed by atoms with van der Waals surface area (Å²) < 4.78 is 0. The summed E-state index contributed by atoms with van der Waals surface area (Å²) in [4.78, 5) is 35.9. The Morgan fingerprint density at radius 1 is 1.36 bits per heavy atom. The number of rotatable bonds is 5. The molecule has 2 rings (SSSR count). The number of nitrogens with zero attached hydrogens (tertiary/aromatic N) is 4. The molecule has 22 heavy (non-hydrogen) atoms. The molecular formula is C14H23N5O3. The van der Waals surface area contributed by atoms with Crippen molar-refractivity contribution in [2.45, 2.75) is 6.54 Å². The van der Waals surface area contributed by atoms with Gasteiger partial charge in [-0.3, -0.25) is 19.4 Å². The molecule has 1 aromatic rings. The van der Waals surface area contributed by atoms with Gasteiger partial charge in [-0.25, -0.2) is 4.98 Å². The summed E-state index contributed by atoms with van der Waals surface area (Å²) in [7, 11) is 3.42. The van der Waals surface area contributed by atoms with Crippen LogP contribution in [0.25, 0.3) is 0 Å². The number of carboxylic acid groups (broad SMARTS) is 1. The molecule has 0 radical (unpaired) electrons. The van der Waals surface area contributed by atoms with Gasteiger partial charge in [0.1, 0.15) is 0 Å². The smallest absolute Gasteiger partial charge is 0.309 e. The van der Waals surface area contributed by atoms with Crippen LogP contribution in [0.5, 0.6) is 0 Å². The van der Waals surface area contributed by atoms with Crippen molar-refractivity contribution in [3.63, 3.8) is 0 Å². The third-order valence-electron chi connectivity index (χ3n) is 3.85. The number of H-pyrrole nitrogens is 1. The van der Waals surface area contributed by atoms with Crippen molar-refractivity contribution in [1.29, 1.82) is 0 Å². The number of amides is 1. The topological polar surface area (TPSA) is 92.8 Å². The molecule has 122 valence electrons. The van der Waals surface area contributed by atoms with Crippen molar-refractivity contribution >= 4 is 11.9 Å². The fourth-order valence-electron chi connectivity index (χ4n) is 2.53. The first-order valence-corrected chi connectivity index (χ1v) is 7.30. The highest BCUT2D eigenvalue weighted by Crippen LogP contribution is 2.12. The highest BCUT2D eigenvalue weighted by molar-refractivity contribution is 5.77. The Labute approximate surface area is 129 Å². The molecule has 8 heteroatoms. The molecule has 1 aromatic heterocycles. The standard InChI is InChI=1S/C14H23N5O3/c1-17(2)13(20)9-19-4-3-18(6-11(7-19)14(21)22)8-12-5-15-10-16-12/h5,10-11H,3-4,6-9H2,1-2H3,(H,15,16)(H,21,22). The third-order valence-corrected chi connectivity index (χ3v) is 3.85. The van der Waals surface area contributed by atoms with E-state index in [0.29, 0.717) is 26.2 Å². The highest BCUT2D eigenvalue weighted by Gasteiger charge is 2.28. The molecule has 1 fully saturated rings. The normalized spacial score (nSPS) is 20.5. The van der Waals surface area contributed by atoms with Crippen LogP contribution in [0.4, 0.5) is 0 Å². The maximum absolute atomic E-state index is 11.8. The zero-order chi connectivity index (χ0) is 16.1. The molecular weight excluding hydrogens is 286 g/mol. The van der Waals surface area contributed by atoms with Crippen LogP contribution >= 0.6 is 0 Å². The van der Waals surface area contributed by atoms with Crippen molar-refractivity contribution in [3.8, 4) is 0 Å². The SMILES string of the molecule is CN(C)C(=O)CN1CCN(Cc2cnc[nH]2)CC(C(=O)O)C1. The van der Waals surface area contributed by atoms with E-state index in [1.807, 2.05) is 4.90 Å². The number of hydrogen-bond acceptors (Lipinski definition) is 5. The molecule has 1 saturated heterocycles. The summed E-state index contributed by atoms with van der Waals surface area (Å²) >= 11 is 0. The number of carboxylic acids is 1. The van der Waals surface area contributed by atoms with Gasteiger partial charge in [-0.1, -0.05) is 0 Å². The Morgan fingerprint density at radius 3 is 2.64 bits per heavy atom. The van der Waals surface area contributed by atoms with Gasteiger partial charge in [0.05, 0.1) is 18.8 Å². The van der Waals surface area contributed by atoms with E-state index < -0.39 is 11.9 Å². The van der Waals surface area contributed by atoms with E-state index >= 15 is 0 Å². The van der Waals surface area contributed by atoms with Gasteiger partial charge in [0, 0.05) is 58.7 Å². The fourth-order valence-corrected chi connectivity index (χ4v) is 2.53. The maximum atomic E-state index is 11.8. The van der Waals surface area contributed by atoms with Crippen molar-refractivity contribution in [3.05, 3.63) is 18.2 Å². The first kappa shape index (κ1) is 16.4. The van der Waals surface area contributed by atoms with Gasteiger partial charge in [0.2, 0.25) is 5.91 Å². The van der Waals surface area contributed by atoms with Gasteiger partial charge < -0.3 is 15.0 Å². The average molecular weight is 309 g/mol. The van der Waals surface area contributed by atoms with Gasteiger partial charge in [0.15, 0.2) is 0 Å².